The molecule has 72 valence electrons. The van der Waals surface area contributed by atoms with Gasteiger partial charge >= 0.3 is 5.91 Å². The number of nitrogens with zero attached hydrogens (tertiary/aromatic N) is 1. The minimum atomic E-state index is -0.0304. The average Bonchev–Trinajstić information content (AvgIpc) is 2.63. The molecule has 0 spiro atoms. The lowest BCUT2D eigenvalue weighted by molar-refractivity contribution is -0.393. The summed E-state index contributed by atoms with van der Waals surface area (Å²) in [7, 11) is 0. The van der Waals surface area contributed by atoms with Crippen molar-refractivity contribution in [2.24, 2.45) is 0 Å². The summed E-state index contributed by atoms with van der Waals surface area (Å²) in [6, 6.07) is 0. The van der Waals surface area contributed by atoms with E-state index in [1.54, 1.807) is 6.54 Å². The van der Waals surface area contributed by atoms with Crippen molar-refractivity contribution in [2.75, 3.05) is 6.61 Å². The molecule has 0 atom stereocenters. The van der Waals surface area contributed by atoms with Crippen molar-refractivity contribution in [3.63, 3.8) is 0 Å². The Labute approximate surface area is 82.7 Å². The van der Waals surface area contributed by atoms with Crippen LogP contribution in [0.1, 0.15) is 6.42 Å². The number of hydrogen-bond donors (Lipinski definition) is 0. The van der Waals surface area contributed by atoms with Gasteiger partial charge in [-0.2, -0.15) is 0 Å². The second-order valence-electron chi connectivity index (χ2n) is 3.10. The largest absolute Gasteiger partial charge is 0.487 e. The van der Waals surface area contributed by atoms with Gasteiger partial charge in [0, 0.05) is 0 Å². The van der Waals surface area contributed by atoms with Gasteiger partial charge in [-0.25, -0.2) is 4.58 Å². The molecule has 0 radical (unpaired) electrons. The highest BCUT2D eigenvalue weighted by Crippen LogP contribution is 2.10. The van der Waals surface area contributed by atoms with Crippen LogP contribution in [0, 0.1) is 6.54 Å². The van der Waals surface area contributed by atoms with Gasteiger partial charge in [-0.3, -0.25) is 4.79 Å². The molecular weight excluding hydrogens is 178 g/mol. The molecule has 1 aliphatic carbocycles. The van der Waals surface area contributed by atoms with Crippen LogP contribution >= 0.6 is 0 Å². The lowest BCUT2D eigenvalue weighted by Crippen LogP contribution is -2.13. The van der Waals surface area contributed by atoms with Crippen LogP contribution in [0.4, 0.5) is 0 Å². The fourth-order valence-corrected chi connectivity index (χ4v) is 1.27. The number of amides is 1. The van der Waals surface area contributed by atoms with Gasteiger partial charge in [0.25, 0.3) is 6.40 Å². The van der Waals surface area contributed by atoms with Crippen molar-refractivity contribution in [2.45, 2.75) is 6.42 Å². The van der Waals surface area contributed by atoms with Gasteiger partial charge in [-0.15, -0.1) is 5.57 Å². The van der Waals surface area contributed by atoms with Crippen LogP contribution in [-0.4, -0.2) is 23.5 Å². The van der Waals surface area contributed by atoms with Crippen LogP contribution in [0.15, 0.2) is 36.0 Å². The first-order valence-corrected chi connectivity index (χ1v) is 4.49. The predicted molar refractivity (Wildman–Crippen MR) is 52.6 cm³/mol. The Kier molecular flexibility index (Phi) is 2.49. The van der Waals surface area contributed by atoms with E-state index in [1.165, 1.54) is 16.5 Å². The number of carbonyl (C=O) groups is 1. The highest BCUT2D eigenvalue weighted by molar-refractivity contribution is 5.77. The first-order valence-electron chi connectivity index (χ1n) is 4.49. The smallest absolute Gasteiger partial charge is 0.349 e. The Balaban J connectivity index is 1.96. The molecule has 3 heteroatoms. The minimum Gasteiger partial charge on any atom is -0.487 e. The zero-order chi connectivity index (χ0) is 9.80. The lowest BCUT2D eigenvalue weighted by atomic mass is 10.1. The molecule has 1 aliphatic heterocycles. The van der Waals surface area contributed by atoms with E-state index in [4.69, 9.17) is 4.74 Å². The molecule has 0 saturated heterocycles. The monoisotopic (exact) mass is 189 g/mol. The molecule has 0 aromatic heterocycles. The van der Waals surface area contributed by atoms with Crippen molar-refractivity contribution in [3.8, 4) is 0 Å². The first-order chi connectivity index (χ1) is 6.86. The number of rotatable bonds is 2. The molecule has 0 saturated carbocycles. The van der Waals surface area contributed by atoms with Gasteiger partial charge in [0.15, 0.2) is 6.61 Å². The van der Waals surface area contributed by atoms with Gasteiger partial charge in [0.05, 0.1) is 6.54 Å². The maximum atomic E-state index is 11.1. The summed E-state index contributed by atoms with van der Waals surface area (Å²) in [6.45, 7) is 1.88. The third-order valence-corrected chi connectivity index (χ3v) is 2.04. The predicted octanol–water partition coefficient (Wildman–Crippen LogP) is 1.19. The molecule has 0 fully saturated rings. The van der Waals surface area contributed by atoms with Crippen LogP contribution in [-0.2, 0) is 9.53 Å². The summed E-state index contributed by atoms with van der Waals surface area (Å²) in [5.74, 6) is -0.0304. The number of carbonyl (C=O) groups excluding carboxylic acids is 1. The zero-order valence-corrected chi connectivity index (χ0v) is 7.72. The molecule has 0 N–H and O–H groups in total. The number of hydrogen-bond acceptors (Lipinski definition) is 2. The third kappa shape index (κ3) is 1.93. The number of allylic oxidation sites excluding steroid dienone is 5. The molecule has 0 aromatic rings. The van der Waals surface area contributed by atoms with E-state index in [-0.39, 0.29) is 12.5 Å². The Morgan fingerprint density at radius 1 is 1.50 bits per heavy atom. The van der Waals surface area contributed by atoms with E-state index in [9.17, 15) is 4.79 Å². The fourth-order valence-electron chi connectivity index (χ4n) is 1.27. The van der Waals surface area contributed by atoms with Crippen molar-refractivity contribution in [1.29, 1.82) is 0 Å². The second kappa shape index (κ2) is 3.96. The highest BCUT2D eigenvalue weighted by atomic mass is 16.5. The molecule has 3 nitrogen and oxygen atoms in total. The first kappa shape index (κ1) is 8.81. The standard InChI is InChI=1S/C11H11NO2/c13-11-8-14-9-12(11)7-6-10-4-2-1-3-5-10/h1-4,6-7,9H,5,8H2. The fraction of sp³-hybridized carbons (Fsp3) is 0.182. The molecule has 0 aromatic carbocycles. The zero-order valence-electron chi connectivity index (χ0n) is 7.72. The Bertz CT molecular complexity index is 361. The van der Waals surface area contributed by atoms with Gasteiger partial charge in [0.2, 0.25) is 0 Å². The summed E-state index contributed by atoms with van der Waals surface area (Å²) in [6.07, 6.45) is 12.4. The van der Waals surface area contributed by atoms with Crippen molar-refractivity contribution < 1.29 is 14.1 Å². The van der Waals surface area contributed by atoms with Gasteiger partial charge in [0.1, 0.15) is 0 Å². The van der Waals surface area contributed by atoms with Crippen molar-refractivity contribution >= 4 is 12.3 Å². The highest BCUT2D eigenvalue weighted by Gasteiger charge is 2.15. The average molecular weight is 189 g/mol. The Hall–Kier alpha value is -1.77. The van der Waals surface area contributed by atoms with Crippen molar-refractivity contribution in [3.05, 3.63) is 42.5 Å². The van der Waals surface area contributed by atoms with Crippen molar-refractivity contribution in [1.82, 2.24) is 0 Å². The Morgan fingerprint density at radius 3 is 3.07 bits per heavy atom. The maximum absolute atomic E-state index is 11.1. The van der Waals surface area contributed by atoms with E-state index in [1.807, 2.05) is 24.3 Å². The minimum absolute atomic E-state index is 0.0304. The summed E-state index contributed by atoms with van der Waals surface area (Å²) in [5, 5.41) is 0. The maximum Gasteiger partial charge on any atom is 0.349 e. The van der Waals surface area contributed by atoms with E-state index >= 15 is 0 Å². The van der Waals surface area contributed by atoms with Crippen LogP contribution in [0.2, 0.25) is 0 Å². The van der Waals surface area contributed by atoms with Crippen LogP contribution in [0.5, 0.6) is 0 Å². The SMILES string of the molecule is O=C1COC=[N+]1[CH-]C=C1C=CC=CC1. The normalized spacial score (nSPS) is 22.4. The molecule has 1 amide bonds. The molecule has 0 bridgehead atoms. The van der Waals surface area contributed by atoms with E-state index in [2.05, 4.69) is 6.08 Å². The van der Waals surface area contributed by atoms with Gasteiger partial charge < -0.3 is 4.74 Å². The van der Waals surface area contributed by atoms with Gasteiger partial charge in [-0.1, -0.05) is 30.4 Å². The molecule has 2 rings (SSSR count). The van der Waals surface area contributed by atoms with Crippen LogP contribution < -0.4 is 0 Å². The number of ether oxygens (including phenoxy) is 1. The van der Waals surface area contributed by atoms with E-state index < -0.39 is 0 Å². The molecule has 14 heavy (non-hydrogen) atoms. The molecule has 1 heterocycles. The van der Waals surface area contributed by atoms with E-state index in [0.717, 1.165) is 6.42 Å². The molecule has 2 aliphatic rings. The second-order valence-corrected chi connectivity index (χ2v) is 3.10. The van der Waals surface area contributed by atoms with Crippen LogP contribution in [0.3, 0.4) is 0 Å². The summed E-state index contributed by atoms with van der Waals surface area (Å²) in [5.41, 5.74) is 1.18. The lowest BCUT2D eigenvalue weighted by Gasteiger charge is -2.04. The third-order valence-electron chi connectivity index (χ3n) is 2.04. The Morgan fingerprint density at radius 2 is 2.43 bits per heavy atom. The summed E-state index contributed by atoms with van der Waals surface area (Å²) < 4.78 is 6.33. The van der Waals surface area contributed by atoms with Crippen LogP contribution in [0.25, 0.3) is 0 Å². The topological polar surface area (TPSA) is 29.3 Å². The summed E-state index contributed by atoms with van der Waals surface area (Å²) >= 11 is 0. The molecule has 0 unspecified atom stereocenters. The molecular formula is C11H11NO2. The summed E-state index contributed by atoms with van der Waals surface area (Å²) in [4.78, 5) is 11.1. The van der Waals surface area contributed by atoms with E-state index in [0.29, 0.717) is 0 Å². The van der Waals surface area contributed by atoms with Gasteiger partial charge in [-0.05, 0) is 6.42 Å². The quantitative estimate of drug-likeness (QED) is 0.482.